The van der Waals surface area contributed by atoms with E-state index in [1.54, 1.807) is 12.3 Å². The number of H-pyrrole nitrogens is 1. The maximum absolute atomic E-state index is 13.1. The van der Waals surface area contributed by atoms with Crippen molar-refractivity contribution in [1.82, 2.24) is 9.97 Å². The first-order chi connectivity index (χ1) is 14.8. The van der Waals surface area contributed by atoms with Gasteiger partial charge in [0.2, 0.25) is 5.91 Å². The molecular weight excluding hydrogens is 403 g/mol. The summed E-state index contributed by atoms with van der Waals surface area (Å²) in [5.74, 6) is -0.515. The first-order valence-corrected chi connectivity index (χ1v) is 9.51. The van der Waals surface area contributed by atoms with E-state index in [0.29, 0.717) is 0 Å². The molecule has 0 radical (unpaired) electrons. The van der Waals surface area contributed by atoms with Gasteiger partial charge in [-0.3, -0.25) is 4.79 Å². The fraction of sp³-hybridized carbons (Fsp3) is 0.0833. The second kappa shape index (κ2) is 8.10. The van der Waals surface area contributed by atoms with Crippen LogP contribution in [0.15, 0.2) is 73.1 Å². The minimum atomic E-state index is -4.47. The molecule has 31 heavy (non-hydrogen) atoms. The lowest BCUT2D eigenvalue weighted by molar-refractivity contribution is -0.138. The van der Waals surface area contributed by atoms with E-state index in [9.17, 15) is 18.0 Å². The molecule has 2 N–H and O–H groups in total. The summed E-state index contributed by atoms with van der Waals surface area (Å²) in [5, 5.41) is 3.47. The number of nitrogens with one attached hydrogen (secondary N) is 2. The highest BCUT2D eigenvalue weighted by Gasteiger charge is 2.32. The van der Waals surface area contributed by atoms with Crippen molar-refractivity contribution in [2.75, 3.05) is 5.32 Å². The van der Waals surface area contributed by atoms with Crippen LogP contribution in [0.2, 0.25) is 0 Å². The standard InChI is InChI=1S/C24H18F3N3O/c1-15-5-7-18(14-21(15)24(25,26)27)30-22(31)8-6-16-3-2-4-17(13-16)19-9-11-28-23-20(19)10-12-29-23/h2-14H,1H3,(H,28,29)(H,30,31). The molecule has 1 amide bonds. The van der Waals surface area contributed by atoms with E-state index in [2.05, 4.69) is 15.3 Å². The zero-order valence-electron chi connectivity index (χ0n) is 16.5. The monoisotopic (exact) mass is 421 g/mol. The molecule has 7 heteroatoms. The van der Waals surface area contributed by atoms with Gasteiger partial charge < -0.3 is 10.3 Å². The minimum Gasteiger partial charge on any atom is -0.346 e. The molecule has 2 aromatic carbocycles. The smallest absolute Gasteiger partial charge is 0.346 e. The molecule has 0 aliphatic heterocycles. The van der Waals surface area contributed by atoms with E-state index in [-0.39, 0.29) is 11.3 Å². The third-order valence-electron chi connectivity index (χ3n) is 4.90. The number of pyridine rings is 1. The predicted octanol–water partition coefficient (Wildman–Crippen LogP) is 6.21. The van der Waals surface area contributed by atoms with Gasteiger partial charge >= 0.3 is 6.18 Å². The van der Waals surface area contributed by atoms with Crippen LogP contribution in [-0.2, 0) is 11.0 Å². The summed E-state index contributed by atoms with van der Waals surface area (Å²) in [5.41, 5.74) is 2.96. The molecule has 0 saturated carbocycles. The number of aryl methyl sites for hydroxylation is 1. The van der Waals surface area contributed by atoms with Crippen molar-refractivity contribution in [3.8, 4) is 11.1 Å². The summed E-state index contributed by atoms with van der Waals surface area (Å²) in [6.07, 6.45) is 1.99. The molecular formula is C24H18F3N3O. The number of nitrogens with zero attached hydrogens (tertiary/aromatic N) is 1. The molecule has 0 unspecified atom stereocenters. The summed E-state index contributed by atoms with van der Waals surface area (Å²) >= 11 is 0. The SMILES string of the molecule is Cc1ccc(NC(=O)C=Cc2cccc(-c3ccnc4[nH]ccc34)c2)cc1C(F)(F)F. The first kappa shape index (κ1) is 20.4. The Morgan fingerprint density at radius 1 is 1.10 bits per heavy atom. The highest BCUT2D eigenvalue weighted by Crippen LogP contribution is 2.33. The summed E-state index contributed by atoms with van der Waals surface area (Å²) in [4.78, 5) is 19.6. The molecule has 4 aromatic rings. The average Bonchev–Trinajstić information content (AvgIpc) is 3.22. The van der Waals surface area contributed by atoms with Crippen LogP contribution in [0, 0.1) is 6.92 Å². The number of hydrogen-bond donors (Lipinski definition) is 2. The molecule has 4 nitrogen and oxygen atoms in total. The van der Waals surface area contributed by atoms with Crippen LogP contribution < -0.4 is 5.32 Å². The van der Waals surface area contributed by atoms with Gasteiger partial charge in [-0.05, 0) is 65.6 Å². The van der Waals surface area contributed by atoms with Crippen LogP contribution >= 0.6 is 0 Å². The normalized spacial score (nSPS) is 11.9. The predicted molar refractivity (Wildman–Crippen MR) is 115 cm³/mol. The molecule has 2 aromatic heterocycles. The van der Waals surface area contributed by atoms with Crippen molar-refractivity contribution >= 4 is 28.7 Å². The molecule has 0 aliphatic carbocycles. The first-order valence-electron chi connectivity index (χ1n) is 9.51. The number of anilines is 1. The number of alkyl halides is 3. The van der Waals surface area contributed by atoms with Gasteiger partial charge in [-0.25, -0.2) is 4.98 Å². The van der Waals surface area contributed by atoms with Gasteiger partial charge in [-0.2, -0.15) is 13.2 Å². The van der Waals surface area contributed by atoms with Crippen LogP contribution in [0.25, 0.3) is 28.2 Å². The van der Waals surface area contributed by atoms with E-state index in [4.69, 9.17) is 0 Å². The number of aromatic nitrogens is 2. The number of benzene rings is 2. The summed E-state index contributed by atoms with van der Waals surface area (Å²) in [7, 11) is 0. The largest absolute Gasteiger partial charge is 0.416 e. The maximum Gasteiger partial charge on any atom is 0.416 e. The van der Waals surface area contributed by atoms with Crippen molar-refractivity contribution in [1.29, 1.82) is 0 Å². The van der Waals surface area contributed by atoms with Crippen LogP contribution in [0.1, 0.15) is 16.7 Å². The Kier molecular flexibility index (Phi) is 5.33. The Morgan fingerprint density at radius 3 is 2.74 bits per heavy atom. The quantitative estimate of drug-likeness (QED) is 0.385. The molecule has 0 bridgehead atoms. The number of rotatable bonds is 4. The van der Waals surface area contributed by atoms with Gasteiger partial charge in [-0.1, -0.05) is 24.3 Å². The number of amides is 1. The van der Waals surface area contributed by atoms with E-state index in [0.717, 1.165) is 33.8 Å². The number of hydrogen-bond acceptors (Lipinski definition) is 2. The van der Waals surface area contributed by atoms with Gasteiger partial charge in [0, 0.05) is 29.5 Å². The number of halogens is 3. The van der Waals surface area contributed by atoms with Crippen LogP contribution in [0.4, 0.5) is 18.9 Å². The van der Waals surface area contributed by atoms with E-state index in [1.165, 1.54) is 25.1 Å². The molecule has 4 rings (SSSR count). The van der Waals surface area contributed by atoms with E-state index < -0.39 is 17.6 Å². The topological polar surface area (TPSA) is 57.8 Å². The van der Waals surface area contributed by atoms with Crippen molar-refractivity contribution < 1.29 is 18.0 Å². The maximum atomic E-state index is 13.1. The van der Waals surface area contributed by atoms with Gasteiger partial charge in [0.25, 0.3) is 0 Å². The van der Waals surface area contributed by atoms with Gasteiger partial charge in [0.15, 0.2) is 0 Å². The number of carbonyl (C=O) groups is 1. The lowest BCUT2D eigenvalue weighted by atomic mass is 10.0. The van der Waals surface area contributed by atoms with Crippen molar-refractivity contribution in [3.05, 3.63) is 89.8 Å². The molecule has 0 fully saturated rings. The molecule has 156 valence electrons. The third-order valence-corrected chi connectivity index (χ3v) is 4.90. The highest BCUT2D eigenvalue weighted by molar-refractivity contribution is 6.02. The zero-order valence-corrected chi connectivity index (χ0v) is 16.5. The molecule has 0 aliphatic rings. The Hall–Kier alpha value is -3.87. The van der Waals surface area contributed by atoms with E-state index in [1.807, 2.05) is 42.6 Å². The number of fused-ring (bicyclic) bond motifs is 1. The summed E-state index contributed by atoms with van der Waals surface area (Å²) < 4.78 is 39.2. The zero-order chi connectivity index (χ0) is 22.0. The molecule has 0 saturated heterocycles. The Morgan fingerprint density at radius 2 is 1.94 bits per heavy atom. The van der Waals surface area contributed by atoms with Gasteiger partial charge in [0.05, 0.1) is 5.56 Å². The second-order valence-corrected chi connectivity index (χ2v) is 7.07. The minimum absolute atomic E-state index is 0.0907. The lowest BCUT2D eigenvalue weighted by Crippen LogP contribution is -2.11. The van der Waals surface area contributed by atoms with Crippen LogP contribution in [0.3, 0.4) is 0 Å². The molecule has 0 spiro atoms. The van der Waals surface area contributed by atoms with E-state index >= 15 is 0 Å². The Labute approximate surface area is 176 Å². The number of aromatic amines is 1. The van der Waals surface area contributed by atoms with Crippen molar-refractivity contribution in [3.63, 3.8) is 0 Å². The Balaban J connectivity index is 1.53. The molecule has 2 heterocycles. The number of carbonyl (C=O) groups excluding carboxylic acids is 1. The Bertz CT molecular complexity index is 1290. The fourth-order valence-corrected chi connectivity index (χ4v) is 3.38. The highest BCUT2D eigenvalue weighted by atomic mass is 19.4. The summed E-state index contributed by atoms with van der Waals surface area (Å²) in [6, 6.07) is 15.2. The van der Waals surface area contributed by atoms with Gasteiger partial charge in [0.1, 0.15) is 5.65 Å². The van der Waals surface area contributed by atoms with Crippen LogP contribution in [0.5, 0.6) is 0 Å². The average molecular weight is 421 g/mol. The van der Waals surface area contributed by atoms with Crippen molar-refractivity contribution in [2.45, 2.75) is 13.1 Å². The lowest BCUT2D eigenvalue weighted by Gasteiger charge is -2.12. The third kappa shape index (κ3) is 4.50. The van der Waals surface area contributed by atoms with Gasteiger partial charge in [-0.15, -0.1) is 0 Å². The van der Waals surface area contributed by atoms with Crippen LogP contribution in [-0.4, -0.2) is 15.9 Å². The van der Waals surface area contributed by atoms with Crippen molar-refractivity contribution in [2.24, 2.45) is 0 Å². The fourth-order valence-electron chi connectivity index (χ4n) is 3.38. The molecule has 0 atom stereocenters. The second-order valence-electron chi connectivity index (χ2n) is 7.07. The summed E-state index contributed by atoms with van der Waals surface area (Å²) in [6.45, 7) is 1.38.